The predicted octanol–water partition coefficient (Wildman–Crippen LogP) is 5.46. The van der Waals surface area contributed by atoms with Crippen LogP contribution in [0.3, 0.4) is 0 Å². The van der Waals surface area contributed by atoms with E-state index >= 15 is 0 Å². The molecule has 0 fully saturated rings. The minimum atomic E-state index is -0.241. The second-order valence-electron chi connectivity index (χ2n) is 4.31. The van der Waals surface area contributed by atoms with E-state index in [0.717, 1.165) is 0 Å². The summed E-state index contributed by atoms with van der Waals surface area (Å²) >= 11 is 17.7. The fourth-order valence-corrected chi connectivity index (χ4v) is 2.45. The molecule has 6 heteroatoms. The molecule has 0 amide bonds. The number of methoxy groups -OCH3 is 1. The number of benzene rings is 2. The molecular weight excluding hydrogens is 345 g/mol. The molecule has 0 spiro atoms. The van der Waals surface area contributed by atoms with Gasteiger partial charge < -0.3 is 10.1 Å². The molecule has 0 bridgehead atoms. The summed E-state index contributed by atoms with van der Waals surface area (Å²) in [4.78, 5) is 12.1. The lowest BCUT2D eigenvalue weighted by Crippen LogP contribution is -1.98. The second kappa shape index (κ2) is 7.54. The maximum atomic E-state index is 12.1. The number of rotatable bonds is 5. The Morgan fingerprint density at radius 3 is 2.45 bits per heavy atom. The number of nitrogens with one attached hydrogen (secondary N) is 1. The number of ether oxygens (including phenoxy) is 1. The quantitative estimate of drug-likeness (QED) is 0.571. The first-order chi connectivity index (χ1) is 10.5. The molecule has 0 aliphatic heterocycles. The van der Waals surface area contributed by atoms with Gasteiger partial charge in [0.15, 0.2) is 5.78 Å². The second-order valence-corrected chi connectivity index (χ2v) is 5.59. The standard InChI is InChI=1S/C16H12Cl3NO2/c1-22-16-5-3-11(18)9-14(16)20-7-6-15(21)12-4-2-10(17)8-13(12)19/h2-9,20H,1H3/b7-6+. The largest absolute Gasteiger partial charge is 0.495 e. The van der Waals surface area contributed by atoms with Gasteiger partial charge in [-0.15, -0.1) is 0 Å². The Morgan fingerprint density at radius 1 is 1.09 bits per heavy atom. The molecule has 114 valence electrons. The van der Waals surface area contributed by atoms with Crippen molar-refractivity contribution in [2.75, 3.05) is 12.4 Å². The molecule has 0 aliphatic carbocycles. The van der Waals surface area contributed by atoms with Crippen molar-refractivity contribution in [3.8, 4) is 5.75 Å². The smallest absolute Gasteiger partial charge is 0.188 e. The maximum Gasteiger partial charge on any atom is 0.188 e. The van der Waals surface area contributed by atoms with E-state index in [-0.39, 0.29) is 5.78 Å². The Kier molecular flexibility index (Phi) is 5.72. The summed E-state index contributed by atoms with van der Waals surface area (Å²) in [6.07, 6.45) is 2.87. The summed E-state index contributed by atoms with van der Waals surface area (Å²) in [6, 6.07) is 9.87. The molecular formula is C16H12Cl3NO2. The van der Waals surface area contributed by atoms with Crippen LogP contribution in [-0.2, 0) is 0 Å². The fraction of sp³-hybridized carbons (Fsp3) is 0.0625. The molecule has 0 saturated carbocycles. The van der Waals surface area contributed by atoms with Crippen molar-refractivity contribution >= 4 is 46.3 Å². The van der Waals surface area contributed by atoms with Crippen LogP contribution in [0, 0.1) is 0 Å². The Hall–Kier alpha value is -1.68. The first-order valence-electron chi connectivity index (χ1n) is 6.27. The van der Waals surface area contributed by atoms with Gasteiger partial charge in [-0.2, -0.15) is 0 Å². The number of anilines is 1. The molecule has 0 atom stereocenters. The molecule has 2 rings (SSSR count). The van der Waals surface area contributed by atoms with Gasteiger partial charge in [0.1, 0.15) is 5.75 Å². The SMILES string of the molecule is COc1ccc(Cl)cc1N/C=C/C(=O)c1ccc(Cl)cc1Cl. The van der Waals surface area contributed by atoms with Gasteiger partial charge in [-0.1, -0.05) is 34.8 Å². The highest BCUT2D eigenvalue weighted by Gasteiger charge is 2.08. The van der Waals surface area contributed by atoms with Crippen molar-refractivity contribution in [3.05, 3.63) is 69.3 Å². The van der Waals surface area contributed by atoms with Crippen molar-refractivity contribution in [2.45, 2.75) is 0 Å². The van der Waals surface area contributed by atoms with E-state index in [2.05, 4.69) is 5.32 Å². The van der Waals surface area contributed by atoms with Gasteiger partial charge in [0.25, 0.3) is 0 Å². The highest BCUT2D eigenvalue weighted by atomic mass is 35.5. The first kappa shape index (κ1) is 16.7. The molecule has 0 aromatic heterocycles. The molecule has 22 heavy (non-hydrogen) atoms. The fourth-order valence-electron chi connectivity index (χ4n) is 1.78. The number of carbonyl (C=O) groups is 1. The van der Waals surface area contributed by atoms with Crippen LogP contribution in [0.4, 0.5) is 5.69 Å². The van der Waals surface area contributed by atoms with Gasteiger partial charge >= 0.3 is 0 Å². The van der Waals surface area contributed by atoms with Crippen LogP contribution in [0.15, 0.2) is 48.7 Å². The van der Waals surface area contributed by atoms with Crippen LogP contribution in [-0.4, -0.2) is 12.9 Å². The number of ketones is 1. The number of halogens is 3. The van der Waals surface area contributed by atoms with Crippen LogP contribution in [0.1, 0.15) is 10.4 Å². The van der Waals surface area contributed by atoms with Crippen LogP contribution < -0.4 is 10.1 Å². The highest BCUT2D eigenvalue weighted by Crippen LogP contribution is 2.27. The topological polar surface area (TPSA) is 38.3 Å². The highest BCUT2D eigenvalue weighted by molar-refractivity contribution is 6.37. The average Bonchev–Trinajstić information content (AvgIpc) is 2.47. The van der Waals surface area contributed by atoms with Crippen LogP contribution in [0.25, 0.3) is 0 Å². The Morgan fingerprint density at radius 2 is 1.77 bits per heavy atom. The van der Waals surface area contributed by atoms with Crippen molar-refractivity contribution in [1.82, 2.24) is 0 Å². The lowest BCUT2D eigenvalue weighted by Gasteiger charge is -2.08. The zero-order chi connectivity index (χ0) is 16.1. The molecule has 0 unspecified atom stereocenters. The summed E-state index contributed by atoms with van der Waals surface area (Å²) in [5.41, 5.74) is 1.03. The Labute approximate surface area is 143 Å². The third-order valence-electron chi connectivity index (χ3n) is 2.83. The zero-order valence-corrected chi connectivity index (χ0v) is 13.8. The van der Waals surface area contributed by atoms with Gasteiger partial charge in [0, 0.05) is 27.9 Å². The molecule has 0 heterocycles. The van der Waals surface area contributed by atoms with E-state index < -0.39 is 0 Å². The molecule has 0 aliphatic rings. The summed E-state index contributed by atoms with van der Waals surface area (Å²) in [5, 5.41) is 4.30. The monoisotopic (exact) mass is 355 g/mol. The summed E-state index contributed by atoms with van der Waals surface area (Å²) in [6.45, 7) is 0. The van der Waals surface area contributed by atoms with E-state index in [1.807, 2.05) is 0 Å². The van der Waals surface area contributed by atoms with Gasteiger partial charge in [-0.3, -0.25) is 4.79 Å². The third kappa shape index (κ3) is 4.17. The van der Waals surface area contributed by atoms with Crippen LogP contribution in [0.5, 0.6) is 5.75 Å². The molecule has 1 N–H and O–H groups in total. The number of hydrogen-bond donors (Lipinski definition) is 1. The van der Waals surface area contributed by atoms with E-state index in [1.165, 1.54) is 18.3 Å². The van der Waals surface area contributed by atoms with E-state index in [9.17, 15) is 4.79 Å². The average molecular weight is 357 g/mol. The molecule has 2 aromatic rings. The lowest BCUT2D eigenvalue weighted by molar-refractivity contribution is 0.104. The molecule has 2 aromatic carbocycles. The minimum Gasteiger partial charge on any atom is -0.495 e. The van der Waals surface area contributed by atoms with Crippen molar-refractivity contribution in [1.29, 1.82) is 0 Å². The summed E-state index contributed by atoms with van der Waals surface area (Å²) in [5.74, 6) is 0.376. The van der Waals surface area contributed by atoms with Gasteiger partial charge in [-0.25, -0.2) is 0 Å². The van der Waals surface area contributed by atoms with Gasteiger partial charge in [-0.05, 0) is 36.4 Å². The summed E-state index contributed by atoms with van der Waals surface area (Å²) in [7, 11) is 1.55. The summed E-state index contributed by atoms with van der Waals surface area (Å²) < 4.78 is 5.20. The number of allylic oxidation sites excluding steroid dienone is 1. The Bertz CT molecular complexity index is 729. The zero-order valence-electron chi connectivity index (χ0n) is 11.6. The van der Waals surface area contributed by atoms with E-state index in [4.69, 9.17) is 39.5 Å². The molecule has 0 saturated heterocycles. The van der Waals surface area contributed by atoms with Crippen LogP contribution in [0.2, 0.25) is 15.1 Å². The maximum absolute atomic E-state index is 12.1. The predicted molar refractivity (Wildman–Crippen MR) is 91.6 cm³/mol. The van der Waals surface area contributed by atoms with Crippen molar-refractivity contribution < 1.29 is 9.53 Å². The molecule has 0 radical (unpaired) electrons. The van der Waals surface area contributed by atoms with Gasteiger partial charge in [0.2, 0.25) is 0 Å². The number of carbonyl (C=O) groups excluding carboxylic acids is 1. The minimum absolute atomic E-state index is 0.241. The van der Waals surface area contributed by atoms with E-state index in [1.54, 1.807) is 37.4 Å². The van der Waals surface area contributed by atoms with Crippen molar-refractivity contribution in [2.24, 2.45) is 0 Å². The first-order valence-corrected chi connectivity index (χ1v) is 7.40. The van der Waals surface area contributed by atoms with E-state index in [0.29, 0.717) is 32.1 Å². The third-order valence-corrected chi connectivity index (χ3v) is 3.61. The van der Waals surface area contributed by atoms with Gasteiger partial charge in [0.05, 0.1) is 17.8 Å². The Balaban J connectivity index is 2.12. The number of hydrogen-bond acceptors (Lipinski definition) is 3. The van der Waals surface area contributed by atoms with Crippen molar-refractivity contribution in [3.63, 3.8) is 0 Å². The normalized spacial score (nSPS) is 10.7. The lowest BCUT2D eigenvalue weighted by atomic mass is 10.1. The van der Waals surface area contributed by atoms with Crippen LogP contribution >= 0.6 is 34.8 Å². The molecule has 3 nitrogen and oxygen atoms in total.